The van der Waals surface area contributed by atoms with Gasteiger partial charge >= 0.3 is 0 Å². The maximum absolute atomic E-state index is 2.68. The molecule has 1 heterocycles. The van der Waals surface area contributed by atoms with Crippen LogP contribution >= 0.6 is 21.4 Å². The van der Waals surface area contributed by atoms with Crippen molar-refractivity contribution < 1.29 is 0 Å². The summed E-state index contributed by atoms with van der Waals surface area (Å²) in [7, 11) is -4.48. The van der Waals surface area contributed by atoms with Crippen molar-refractivity contribution in [2.24, 2.45) is 0 Å². The summed E-state index contributed by atoms with van der Waals surface area (Å²) in [6, 6.07) is 81.8. The number of thiophene rings is 1. The van der Waals surface area contributed by atoms with E-state index in [0.29, 0.717) is 0 Å². The van der Waals surface area contributed by atoms with Crippen LogP contribution in [0, 0.1) is 0 Å². The van der Waals surface area contributed by atoms with E-state index in [2.05, 4.69) is 218 Å². The first-order chi connectivity index (χ1) is 25.3. The van der Waals surface area contributed by atoms with Gasteiger partial charge in [-0.2, -0.15) is 0 Å². The molecule has 0 saturated carbocycles. The Labute approximate surface area is 306 Å². The highest BCUT2D eigenvalue weighted by Gasteiger charge is 2.41. The molecule has 0 nitrogen and oxygen atoms in total. The van der Waals surface area contributed by atoms with Crippen LogP contribution in [0.2, 0.25) is 0 Å². The number of hydrogen-bond acceptors (Lipinski definition) is 1. The second kappa shape index (κ2) is 13.4. The Morgan fingerprint density at radius 3 is 1.06 bits per heavy atom. The molecule has 9 aromatic rings. The average molecular weight is 705 g/mol. The van der Waals surface area contributed by atoms with Crippen LogP contribution in [-0.2, 0) is 0 Å². The van der Waals surface area contributed by atoms with Crippen LogP contribution < -0.4 is 20.7 Å². The molecule has 0 N–H and O–H groups in total. The van der Waals surface area contributed by atoms with Crippen LogP contribution in [0.5, 0.6) is 0 Å². The molecule has 3 heteroatoms. The van der Waals surface area contributed by atoms with Gasteiger partial charge in [-0.15, -0.1) is 21.4 Å². The van der Waals surface area contributed by atoms with Crippen LogP contribution in [0.25, 0.3) is 20.2 Å². The lowest BCUT2D eigenvalue weighted by Gasteiger charge is -2.42. The Hall–Kier alpha value is -5.45. The van der Waals surface area contributed by atoms with Gasteiger partial charge in [-0.3, -0.25) is 0 Å². The van der Waals surface area contributed by atoms with Crippen molar-refractivity contribution in [2.45, 2.75) is 19.6 Å². The summed E-state index contributed by atoms with van der Waals surface area (Å²) < 4.78 is 2.64. The molecule has 244 valence electrons. The van der Waals surface area contributed by atoms with E-state index in [9.17, 15) is 0 Å². The van der Waals surface area contributed by atoms with E-state index in [0.717, 1.165) is 0 Å². The molecule has 9 rings (SSSR count). The van der Waals surface area contributed by atoms with Gasteiger partial charge in [0.15, 0.2) is 8.07 Å². The fourth-order valence-corrected chi connectivity index (χ4v) is 17.7. The minimum atomic E-state index is -2.68. The third kappa shape index (κ3) is 5.20. The number of benzene rings is 8. The smallest absolute Gasteiger partial charge is 0.135 e. The molecule has 0 fully saturated rings. The van der Waals surface area contributed by atoms with Gasteiger partial charge in [-0.05, 0) is 81.4 Å². The average Bonchev–Trinajstić information content (AvgIpc) is 3.59. The molecule has 1 aromatic heterocycles. The van der Waals surface area contributed by atoms with Crippen molar-refractivity contribution in [1.29, 1.82) is 0 Å². The molecular weight excluding hydrogens is 669 g/mol. The topological polar surface area (TPSA) is 0 Å². The minimum absolute atomic E-state index is 1.32. The summed E-state index contributed by atoms with van der Waals surface area (Å²) in [5, 5.41) is 8.23. The number of rotatable bonds is 8. The molecule has 0 bridgehead atoms. The van der Waals surface area contributed by atoms with Crippen LogP contribution in [0.15, 0.2) is 238 Å². The molecule has 0 radical (unpaired) electrons. The van der Waals surface area contributed by atoms with Crippen LogP contribution in [0.3, 0.4) is 0 Å². The quantitative estimate of drug-likeness (QED) is 0.109. The van der Waals surface area contributed by atoms with E-state index in [1.165, 1.54) is 60.5 Å². The molecule has 0 aliphatic heterocycles. The third-order valence-corrected chi connectivity index (χ3v) is 20.0. The summed E-state index contributed by atoms with van der Waals surface area (Å²) in [5.41, 5.74) is 0. The Balaban J connectivity index is 1.36. The van der Waals surface area contributed by atoms with E-state index >= 15 is 0 Å². The molecule has 0 unspecified atom stereocenters. The number of fused-ring (bicyclic) bond motifs is 3. The van der Waals surface area contributed by atoms with Gasteiger partial charge in [0.05, 0.1) is 0 Å². The monoisotopic (exact) mass is 704 g/mol. The lowest BCUT2D eigenvalue weighted by Crippen LogP contribution is -2.74. The van der Waals surface area contributed by atoms with E-state index in [-0.39, 0.29) is 0 Å². The molecule has 0 saturated heterocycles. The highest BCUT2D eigenvalue weighted by atomic mass is 32.3. The largest absolute Gasteiger partial charge is 0.179 e. The summed E-state index contributed by atoms with van der Waals surface area (Å²) in [6.45, 7) is 0. The zero-order valence-electron chi connectivity index (χ0n) is 28.1. The van der Waals surface area contributed by atoms with Crippen LogP contribution in [-0.4, -0.2) is 8.07 Å². The van der Waals surface area contributed by atoms with Gasteiger partial charge in [0, 0.05) is 39.8 Å². The molecule has 0 aliphatic carbocycles. The van der Waals surface area contributed by atoms with Crippen molar-refractivity contribution in [1.82, 2.24) is 0 Å². The summed E-state index contributed by atoms with van der Waals surface area (Å²) in [5.74, 6) is 0. The third-order valence-electron chi connectivity index (χ3n) is 10.1. The van der Waals surface area contributed by atoms with E-state index in [1.54, 1.807) is 0 Å². The van der Waals surface area contributed by atoms with E-state index in [1.807, 2.05) is 11.3 Å². The molecule has 0 spiro atoms. The Kier molecular flexibility index (Phi) is 8.25. The predicted octanol–water partition coefficient (Wildman–Crippen LogP) is 10.8. The van der Waals surface area contributed by atoms with Crippen molar-refractivity contribution in [3.8, 4) is 0 Å². The van der Waals surface area contributed by atoms with Gasteiger partial charge in [-0.1, -0.05) is 158 Å². The summed E-state index contributed by atoms with van der Waals surface area (Å²) in [6.07, 6.45) is 0. The fraction of sp³-hybridized carbons (Fsp3) is 0. The first kappa shape index (κ1) is 31.5. The fourth-order valence-electron chi connectivity index (χ4n) is 7.94. The van der Waals surface area contributed by atoms with Crippen molar-refractivity contribution in [3.05, 3.63) is 218 Å². The Morgan fingerprint density at radius 2 is 0.647 bits per heavy atom. The maximum atomic E-state index is 2.54. The summed E-state index contributed by atoms with van der Waals surface area (Å²) in [4.78, 5) is 5.36. The molecule has 0 amide bonds. The lowest BCUT2D eigenvalue weighted by molar-refractivity contribution is 1.25. The van der Waals surface area contributed by atoms with Gasteiger partial charge in [0.25, 0.3) is 0 Å². The van der Waals surface area contributed by atoms with Gasteiger partial charge in [-0.25, -0.2) is 0 Å². The maximum Gasteiger partial charge on any atom is 0.179 e. The highest BCUT2D eigenvalue weighted by Crippen LogP contribution is 2.73. The lowest BCUT2D eigenvalue weighted by atomic mass is 10.1. The molecule has 0 aliphatic rings. The van der Waals surface area contributed by atoms with E-state index in [4.69, 9.17) is 0 Å². The Bertz CT molecular complexity index is 2180. The zero-order valence-corrected chi connectivity index (χ0v) is 30.7. The first-order valence-electron chi connectivity index (χ1n) is 17.4. The van der Waals surface area contributed by atoms with Gasteiger partial charge in [0.1, 0.15) is 0 Å². The molecular formula is C48H36S2Si. The molecule has 51 heavy (non-hydrogen) atoms. The minimum Gasteiger partial charge on any atom is -0.135 e. The van der Waals surface area contributed by atoms with Crippen molar-refractivity contribution in [3.63, 3.8) is 0 Å². The predicted molar refractivity (Wildman–Crippen MR) is 223 cm³/mol. The standard InChI is InChI=1S/C48H36S2Si/c1-7-19-37(20-8-1)50(38-21-9-2-10-22-38,39-23-11-3-12-24-39)40-31-33-47-45(35-40)46-36-44(32-34-48(46)49-47)51(41-25-13-4-14-26-41,42-27-15-5-16-28-42)43-29-17-6-18-30-43/h1-36H. The molecule has 0 atom stereocenters. The Morgan fingerprint density at radius 1 is 0.294 bits per heavy atom. The molecule has 8 aromatic carbocycles. The van der Waals surface area contributed by atoms with Crippen LogP contribution in [0.4, 0.5) is 0 Å². The second-order valence-electron chi connectivity index (χ2n) is 12.9. The first-order valence-corrected chi connectivity index (χ1v) is 21.9. The SMILES string of the molecule is c1ccc([Si](c2ccccc2)(c2ccccc2)c2ccc3sc4ccc(S(c5ccccc5)(c5ccccc5)c5ccccc5)cc4c3c2)cc1. The van der Waals surface area contributed by atoms with Crippen molar-refractivity contribution in [2.75, 3.05) is 0 Å². The second-order valence-corrected chi connectivity index (χ2v) is 20.9. The number of hydrogen-bond donors (Lipinski definition) is 0. The van der Waals surface area contributed by atoms with Crippen molar-refractivity contribution >= 4 is 70.4 Å². The zero-order chi connectivity index (χ0) is 34.1. The van der Waals surface area contributed by atoms with Gasteiger partial charge in [0.2, 0.25) is 0 Å². The van der Waals surface area contributed by atoms with Crippen LogP contribution in [0.1, 0.15) is 0 Å². The van der Waals surface area contributed by atoms with Gasteiger partial charge < -0.3 is 0 Å². The highest BCUT2D eigenvalue weighted by molar-refractivity contribution is 8.34. The summed E-state index contributed by atoms with van der Waals surface area (Å²) >= 11 is 1.90. The van der Waals surface area contributed by atoms with E-state index < -0.39 is 18.1 Å². The normalized spacial score (nSPS) is 12.2.